The molecule has 1 amide bonds. The molecule has 2 aromatic carbocycles. The van der Waals surface area contributed by atoms with Crippen molar-refractivity contribution in [1.29, 1.82) is 0 Å². The molecule has 1 aliphatic rings. The van der Waals surface area contributed by atoms with E-state index in [1.165, 1.54) is 24.3 Å². The average molecular weight is 445 g/mol. The van der Waals surface area contributed by atoms with Gasteiger partial charge in [-0.3, -0.25) is 9.69 Å². The van der Waals surface area contributed by atoms with Crippen LogP contribution in [0.3, 0.4) is 0 Å². The van der Waals surface area contributed by atoms with E-state index >= 15 is 0 Å². The van der Waals surface area contributed by atoms with E-state index in [4.69, 9.17) is 0 Å². The average Bonchev–Trinajstić information content (AvgIpc) is 2.69. The van der Waals surface area contributed by atoms with Gasteiger partial charge in [-0.1, -0.05) is 6.07 Å². The second-order valence-corrected chi connectivity index (χ2v) is 8.70. The molecule has 0 saturated carbocycles. The van der Waals surface area contributed by atoms with Gasteiger partial charge in [-0.15, -0.1) is 0 Å². The molecule has 0 aliphatic carbocycles. The summed E-state index contributed by atoms with van der Waals surface area (Å²) >= 11 is 0. The minimum atomic E-state index is -4.64. The number of anilines is 1. The smallest absolute Gasteiger partial charge is 0.325 e. The van der Waals surface area contributed by atoms with Gasteiger partial charge in [0.05, 0.1) is 17.0 Å². The highest BCUT2D eigenvalue weighted by molar-refractivity contribution is 7.89. The van der Waals surface area contributed by atoms with E-state index in [2.05, 4.69) is 5.32 Å². The standard InChI is InChI=1S/C19H19F4N3O3S/c20-15-4-6-16(7-5-15)24-18(27)13-25-8-10-26(11-9-25)30(28,29)17-3-1-2-14(12-17)19(21,22)23/h1-7,12H,8-11,13H2,(H,24,27). The number of hydrogen-bond donors (Lipinski definition) is 1. The molecule has 30 heavy (non-hydrogen) atoms. The van der Waals surface area contributed by atoms with Crippen molar-refractivity contribution < 1.29 is 30.8 Å². The van der Waals surface area contributed by atoms with Gasteiger partial charge in [-0.05, 0) is 42.5 Å². The first-order valence-corrected chi connectivity index (χ1v) is 10.4. The Bertz CT molecular complexity index is 1000. The summed E-state index contributed by atoms with van der Waals surface area (Å²) in [5.74, 6) is -0.762. The zero-order valence-corrected chi connectivity index (χ0v) is 16.5. The molecule has 3 rings (SSSR count). The first-order chi connectivity index (χ1) is 14.1. The molecular formula is C19H19F4N3O3S. The topological polar surface area (TPSA) is 69.7 Å². The largest absolute Gasteiger partial charge is 0.416 e. The summed E-state index contributed by atoms with van der Waals surface area (Å²) in [6.45, 7) is 0.587. The number of rotatable bonds is 5. The molecule has 1 fully saturated rings. The maximum absolute atomic E-state index is 12.9. The normalized spacial score (nSPS) is 16.4. The van der Waals surface area contributed by atoms with Crippen LogP contribution >= 0.6 is 0 Å². The summed E-state index contributed by atoms with van der Waals surface area (Å²) in [5, 5.41) is 2.62. The number of hydrogen-bond acceptors (Lipinski definition) is 4. The Morgan fingerprint density at radius 2 is 1.63 bits per heavy atom. The molecule has 0 bridgehead atoms. The van der Waals surface area contributed by atoms with E-state index in [-0.39, 0.29) is 38.6 Å². The first kappa shape index (κ1) is 22.2. The lowest BCUT2D eigenvalue weighted by Crippen LogP contribution is -2.50. The number of alkyl halides is 3. The zero-order chi connectivity index (χ0) is 21.9. The molecule has 1 saturated heterocycles. The van der Waals surface area contributed by atoms with Gasteiger partial charge < -0.3 is 5.32 Å². The number of benzene rings is 2. The fourth-order valence-electron chi connectivity index (χ4n) is 3.05. The van der Waals surface area contributed by atoms with E-state index in [9.17, 15) is 30.8 Å². The number of carbonyl (C=O) groups is 1. The van der Waals surface area contributed by atoms with Crippen molar-refractivity contribution >= 4 is 21.6 Å². The van der Waals surface area contributed by atoms with Crippen LogP contribution in [0.4, 0.5) is 23.2 Å². The Balaban J connectivity index is 1.58. The van der Waals surface area contributed by atoms with Gasteiger partial charge in [-0.2, -0.15) is 17.5 Å². The highest BCUT2D eigenvalue weighted by atomic mass is 32.2. The molecule has 1 heterocycles. The van der Waals surface area contributed by atoms with Gasteiger partial charge in [0.2, 0.25) is 15.9 Å². The lowest BCUT2D eigenvalue weighted by molar-refractivity contribution is -0.137. The van der Waals surface area contributed by atoms with Crippen LogP contribution in [0.1, 0.15) is 5.56 Å². The molecule has 11 heteroatoms. The van der Waals surface area contributed by atoms with Crippen LogP contribution in [-0.2, 0) is 21.0 Å². The Labute approximate surface area is 171 Å². The molecule has 0 spiro atoms. The van der Waals surface area contributed by atoms with Crippen molar-refractivity contribution in [1.82, 2.24) is 9.21 Å². The summed E-state index contributed by atoms with van der Waals surface area (Å²) < 4.78 is 78.0. The maximum atomic E-state index is 12.9. The Morgan fingerprint density at radius 3 is 2.23 bits per heavy atom. The second-order valence-electron chi connectivity index (χ2n) is 6.76. The third kappa shape index (κ3) is 5.35. The van der Waals surface area contributed by atoms with Crippen LogP contribution in [0.5, 0.6) is 0 Å². The Kier molecular flexibility index (Phi) is 6.44. The monoisotopic (exact) mass is 445 g/mol. The van der Waals surface area contributed by atoms with Crippen LogP contribution in [0.25, 0.3) is 0 Å². The van der Waals surface area contributed by atoms with Crippen molar-refractivity contribution in [3.05, 3.63) is 59.9 Å². The molecule has 0 unspecified atom stereocenters. The van der Waals surface area contributed by atoms with Gasteiger partial charge in [0.1, 0.15) is 5.82 Å². The lowest BCUT2D eigenvalue weighted by atomic mass is 10.2. The van der Waals surface area contributed by atoms with E-state index in [1.807, 2.05) is 0 Å². The predicted octanol–water partition coefficient (Wildman–Crippen LogP) is 2.79. The van der Waals surface area contributed by atoms with Gasteiger partial charge in [0, 0.05) is 31.9 Å². The summed E-state index contributed by atoms with van der Waals surface area (Å²) in [6, 6.07) is 8.91. The minimum Gasteiger partial charge on any atom is -0.325 e. The Morgan fingerprint density at radius 1 is 1.00 bits per heavy atom. The summed E-state index contributed by atoms with van der Waals surface area (Å²) in [6.07, 6.45) is -4.64. The fraction of sp³-hybridized carbons (Fsp3) is 0.316. The molecular weight excluding hydrogens is 426 g/mol. The van der Waals surface area contributed by atoms with Crippen molar-refractivity contribution in [2.24, 2.45) is 0 Å². The predicted molar refractivity (Wildman–Crippen MR) is 102 cm³/mol. The van der Waals surface area contributed by atoms with Gasteiger partial charge >= 0.3 is 6.18 Å². The number of halogens is 4. The summed E-state index contributed by atoms with van der Waals surface area (Å²) in [7, 11) is -4.08. The number of nitrogens with zero attached hydrogens (tertiary/aromatic N) is 2. The quantitative estimate of drug-likeness (QED) is 0.719. The Hall–Kier alpha value is -2.50. The number of nitrogens with one attached hydrogen (secondary N) is 1. The number of amides is 1. The molecule has 0 atom stereocenters. The lowest BCUT2D eigenvalue weighted by Gasteiger charge is -2.33. The molecule has 1 N–H and O–H groups in total. The van der Waals surface area contributed by atoms with Crippen molar-refractivity contribution in [2.45, 2.75) is 11.1 Å². The highest BCUT2D eigenvalue weighted by Crippen LogP contribution is 2.31. The highest BCUT2D eigenvalue weighted by Gasteiger charge is 2.34. The van der Waals surface area contributed by atoms with Crippen molar-refractivity contribution in [2.75, 3.05) is 38.0 Å². The van der Waals surface area contributed by atoms with Crippen LogP contribution < -0.4 is 5.32 Å². The summed E-state index contributed by atoms with van der Waals surface area (Å²) in [4.78, 5) is 13.4. The molecule has 162 valence electrons. The van der Waals surface area contributed by atoms with Gasteiger partial charge in [0.25, 0.3) is 0 Å². The van der Waals surface area contributed by atoms with Crippen molar-refractivity contribution in [3.63, 3.8) is 0 Å². The number of carbonyl (C=O) groups excluding carboxylic acids is 1. The maximum Gasteiger partial charge on any atom is 0.416 e. The SMILES string of the molecule is O=C(CN1CCN(S(=O)(=O)c2cccc(C(F)(F)F)c2)CC1)Nc1ccc(F)cc1. The van der Waals surface area contributed by atoms with Crippen LogP contribution in [-0.4, -0.2) is 56.3 Å². The third-order valence-electron chi connectivity index (χ3n) is 4.63. The minimum absolute atomic E-state index is 0.00875. The van der Waals surface area contributed by atoms with Gasteiger partial charge in [-0.25, -0.2) is 12.8 Å². The van der Waals surface area contributed by atoms with Crippen LogP contribution in [0.2, 0.25) is 0 Å². The number of piperazine rings is 1. The van der Waals surface area contributed by atoms with E-state index < -0.39 is 32.5 Å². The third-order valence-corrected chi connectivity index (χ3v) is 6.52. The van der Waals surface area contributed by atoms with E-state index in [0.717, 1.165) is 22.5 Å². The zero-order valence-electron chi connectivity index (χ0n) is 15.7. The van der Waals surface area contributed by atoms with Crippen molar-refractivity contribution in [3.8, 4) is 0 Å². The van der Waals surface area contributed by atoms with Crippen LogP contribution in [0, 0.1) is 5.82 Å². The second kappa shape index (κ2) is 8.70. The van der Waals surface area contributed by atoms with Gasteiger partial charge in [0.15, 0.2) is 0 Å². The molecule has 6 nitrogen and oxygen atoms in total. The number of sulfonamides is 1. The van der Waals surface area contributed by atoms with E-state index in [0.29, 0.717) is 11.8 Å². The summed E-state index contributed by atoms with van der Waals surface area (Å²) in [5.41, 5.74) is -0.591. The molecule has 2 aromatic rings. The van der Waals surface area contributed by atoms with E-state index in [1.54, 1.807) is 4.90 Å². The fourth-order valence-corrected chi connectivity index (χ4v) is 4.52. The van der Waals surface area contributed by atoms with Crippen LogP contribution in [0.15, 0.2) is 53.4 Å². The molecule has 0 aromatic heterocycles. The first-order valence-electron chi connectivity index (χ1n) is 9.01. The molecule has 0 radical (unpaired) electrons. The molecule has 1 aliphatic heterocycles.